The molecule has 2 aliphatic rings. The van der Waals surface area contributed by atoms with Gasteiger partial charge in [0.1, 0.15) is 17.7 Å². The SMILES string of the molecule is O=C1CC(Oc2c(F)cc(F)cc2Br)C12CCCC2. The Balaban J connectivity index is 1.85. The maximum absolute atomic E-state index is 13.7. The number of carbonyl (C=O) groups excluding carboxylic acids is 1. The second-order valence-corrected chi connectivity index (χ2v) is 6.15. The van der Waals surface area contributed by atoms with Gasteiger partial charge in [-0.1, -0.05) is 12.8 Å². The molecule has 0 radical (unpaired) electrons. The Kier molecular flexibility index (Phi) is 3.12. The monoisotopic (exact) mass is 330 g/mol. The molecule has 1 atom stereocenters. The maximum atomic E-state index is 13.7. The van der Waals surface area contributed by atoms with Gasteiger partial charge in [-0.25, -0.2) is 8.78 Å². The summed E-state index contributed by atoms with van der Waals surface area (Å²) in [4.78, 5) is 11.8. The van der Waals surface area contributed by atoms with Crippen LogP contribution < -0.4 is 4.74 Å². The molecule has 2 fully saturated rings. The number of hydrogen-bond donors (Lipinski definition) is 0. The summed E-state index contributed by atoms with van der Waals surface area (Å²) >= 11 is 3.10. The van der Waals surface area contributed by atoms with E-state index in [4.69, 9.17) is 4.74 Å². The minimum atomic E-state index is -0.737. The molecule has 0 aliphatic heterocycles. The van der Waals surface area contributed by atoms with Crippen molar-refractivity contribution < 1.29 is 18.3 Å². The zero-order valence-electron chi connectivity index (χ0n) is 10.2. The number of ether oxygens (including phenoxy) is 1. The van der Waals surface area contributed by atoms with E-state index in [1.165, 1.54) is 6.07 Å². The van der Waals surface area contributed by atoms with Gasteiger partial charge >= 0.3 is 0 Å². The van der Waals surface area contributed by atoms with Gasteiger partial charge in [0.05, 0.1) is 9.89 Å². The number of benzene rings is 1. The first-order valence-corrected chi connectivity index (χ1v) is 7.17. The predicted molar refractivity (Wildman–Crippen MR) is 69.0 cm³/mol. The number of halogens is 3. The normalized spacial score (nSPS) is 24.6. The van der Waals surface area contributed by atoms with Crippen LogP contribution in [-0.2, 0) is 4.79 Å². The van der Waals surface area contributed by atoms with Crippen LogP contribution in [-0.4, -0.2) is 11.9 Å². The van der Waals surface area contributed by atoms with Crippen LogP contribution in [0.2, 0.25) is 0 Å². The molecule has 19 heavy (non-hydrogen) atoms. The van der Waals surface area contributed by atoms with E-state index in [1.807, 2.05) is 0 Å². The molecule has 0 N–H and O–H groups in total. The first kappa shape index (κ1) is 13.0. The molecule has 1 unspecified atom stereocenters. The van der Waals surface area contributed by atoms with Crippen molar-refractivity contribution in [2.24, 2.45) is 5.41 Å². The van der Waals surface area contributed by atoms with Crippen molar-refractivity contribution in [2.75, 3.05) is 0 Å². The number of hydrogen-bond acceptors (Lipinski definition) is 2. The summed E-state index contributed by atoms with van der Waals surface area (Å²) in [5.41, 5.74) is -0.416. The van der Waals surface area contributed by atoms with Gasteiger partial charge in [0.25, 0.3) is 0 Å². The molecule has 0 saturated heterocycles. The molecule has 2 aliphatic carbocycles. The van der Waals surface area contributed by atoms with Crippen LogP contribution in [0.5, 0.6) is 5.75 Å². The topological polar surface area (TPSA) is 26.3 Å². The van der Waals surface area contributed by atoms with Crippen molar-refractivity contribution in [1.82, 2.24) is 0 Å². The fourth-order valence-electron chi connectivity index (χ4n) is 3.16. The summed E-state index contributed by atoms with van der Waals surface area (Å²) in [5, 5.41) is 0. The molecule has 0 heterocycles. The quantitative estimate of drug-likeness (QED) is 0.819. The van der Waals surface area contributed by atoms with Crippen LogP contribution in [0.25, 0.3) is 0 Å². The van der Waals surface area contributed by atoms with Gasteiger partial charge in [0.15, 0.2) is 11.6 Å². The summed E-state index contributed by atoms with van der Waals surface area (Å²) < 4.78 is 32.7. The molecule has 2 saturated carbocycles. The Morgan fingerprint density at radius 2 is 1.95 bits per heavy atom. The zero-order chi connectivity index (χ0) is 13.6. The smallest absolute Gasteiger partial charge is 0.169 e. The van der Waals surface area contributed by atoms with Crippen LogP contribution in [0.15, 0.2) is 16.6 Å². The zero-order valence-corrected chi connectivity index (χ0v) is 11.8. The van der Waals surface area contributed by atoms with E-state index in [9.17, 15) is 13.6 Å². The molecule has 0 amide bonds. The highest BCUT2D eigenvalue weighted by Gasteiger charge is 2.57. The lowest BCUT2D eigenvalue weighted by Gasteiger charge is -2.44. The third-order valence-corrected chi connectivity index (χ3v) is 4.85. The Bertz CT molecular complexity index is 515. The molecule has 1 aromatic carbocycles. The molecular formula is C14H13BrF2O2. The summed E-state index contributed by atoms with van der Waals surface area (Å²) in [6.45, 7) is 0. The van der Waals surface area contributed by atoms with E-state index in [2.05, 4.69) is 15.9 Å². The average molecular weight is 331 g/mol. The fraction of sp³-hybridized carbons (Fsp3) is 0.500. The fourth-order valence-corrected chi connectivity index (χ4v) is 3.66. The largest absolute Gasteiger partial charge is 0.485 e. The van der Waals surface area contributed by atoms with Crippen molar-refractivity contribution in [2.45, 2.75) is 38.2 Å². The van der Waals surface area contributed by atoms with Gasteiger partial charge < -0.3 is 4.74 Å². The van der Waals surface area contributed by atoms with Gasteiger partial charge in [-0.2, -0.15) is 0 Å². The van der Waals surface area contributed by atoms with Crippen molar-refractivity contribution in [1.29, 1.82) is 0 Å². The molecule has 102 valence electrons. The van der Waals surface area contributed by atoms with E-state index in [0.29, 0.717) is 6.42 Å². The highest BCUT2D eigenvalue weighted by molar-refractivity contribution is 9.10. The van der Waals surface area contributed by atoms with E-state index < -0.39 is 17.0 Å². The molecule has 0 aromatic heterocycles. The molecular weight excluding hydrogens is 318 g/mol. The Labute approximate surface area is 118 Å². The molecule has 0 bridgehead atoms. The predicted octanol–water partition coefficient (Wildman–Crippen LogP) is 4.01. The lowest BCUT2D eigenvalue weighted by atomic mass is 9.63. The van der Waals surface area contributed by atoms with Gasteiger partial charge in [-0.3, -0.25) is 4.79 Å². The average Bonchev–Trinajstić information content (AvgIpc) is 2.84. The van der Waals surface area contributed by atoms with Crippen LogP contribution in [0.1, 0.15) is 32.1 Å². The summed E-state index contributed by atoms with van der Waals surface area (Å²) in [5.74, 6) is -1.17. The number of ketones is 1. The van der Waals surface area contributed by atoms with Crippen LogP contribution >= 0.6 is 15.9 Å². The highest BCUT2D eigenvalue weighted by atomic mass is 79.9. The van der Waals surface area contributed by atoms with Crippen molar-refractivity contribution in [3.8, 4) is 5.75 Å². The number of carbonyl (C=O) groups is 1. The van der Waals surface area contributed by atoms with Gasteiger partial charge in [-0.05, 0) is 34.8 Å². The van der Waals surface area contributed by atoms with Gasteiger partial charge in [0, 0.05) is 12.5 Å². The molecule has 2 nitrogen and oxygen atoms in total. The van der Waals surface area contributed by atoms with Crippen LogP contribution in [0.4, 0.5) is 8.78 Å². The molecule has 1 spiro atoms. The third-order valence-electron chi connectivity index (χ3n) is 4.26. The molecule has 5 heteroatoms. The van der Waals surface area contributed by atoms with Crippen molar-refractivity contribution in [3.63, 3.8) is 0 Å². The Morgan fingerprint density at radius 3 is 2.53 bits per heavy atom. The number of Topliss-reactive ketones (excluding diaryl/α,β-unsaturated/α-hetero) is 1. The molecule has 3 rings (SSSR count). The maximum Gasteiger partial charge on any atom is 0.169 e. The second kappa shape index (κ2) is 4.54. The lowest BCUT2D eigenvalue weighted by molar-refractivity contribution is -0.151. The third kappa shape index (κ3) is 1.98. The standard InChI is InChI=1S/C14H13BrF2O2/c15-9-5-8(16)6-10(17)13(9)19-12-7-11(18)14(12)3-1-2-4-14/h5-6,12H,1-4,7H2. The minimum Gasteiger partial charge on any atom is -0.485 e. The lowest BCUT2D eigenvalue weighted by Crippen LogP contribution is -2.55. The van der Waals surface area contributed by atoms with E-state index in [0.717, 1.165) is 31.7 Å². The summed E-state index contributed by atoms with van der Waals surface area (Å²) in [7, 11) is 0. The van der Waals surface area contributed by atoms with Crippen LogP contribution in [0.3, 0.4) is 0 Å². The Morgan fingerprint density at radius 1 is 1.26 bits per heavy atom. The number of rotatable bonds is 2. The minimum absolute atomic E-state index is 0.00479. The highest BCUT2D eigenvalue weighted by Crippen LogP contribution is 2.52. The van der Waals surface area contributed by atoms with E-state index >= 15 is 0 Å². The molecule has 1 aromatic rings. The first-order valence-electron chi connectivity index (χ1n) is 6.37. The Hall–Kier alpha value is -0.970. The summed E-state index contributed by atoms with van der Waals surface area (Å²) in [6.07, 6.45) is 3.70. The van der Waals surface area contributed by atoms with Crippen LogP contribution in [0, 0.1) is 17.0 Å². The second-order valence-electron chi connectivity index (χ2n) is 5.30. The van der Waals surface area contributed by atoms with Crippen molar-refractivity contribution >= 4 is 21.7 Å². The van der Waals surface area contributed by atoms with Gasteiger partial charge in [-0.15, -0.1) is 0 Å². The van der Waals surface area contributed by atoms with E-state index in [-0.39, 0.29) is 22.1 Å². The van der Waals surface area contributed by atoms with Crippen molar-refractivity contribution in [3.05, 3.63) is 28.2 Å². The van der Waals surface area contributed by atoms with E-state index in [1.54, 1.807) is 0 Å². The van der Waals surface area contributed by atoms with Gasteiger partial charge in [0.2, 0.25) is 0 Å². The first-order chi connectivity index (χ1) is 9.03. The summed E-state index contributed by atoms with van der Waals surface area (Å²) in [6, 6.07) is 1.96.